The highest BCUT2D eigenvalue weighted by molar-refractivity contribution is 5.85. The summed E-state index contributed by atoms with van der Waals surface area (Å²) < 4.78 is 0. The molecule has 5 nitrogen and oxygen atoms in total. The van der Waals surface area contributed by atoms with Crippen molar-refractivity contribution in [2.75, 3.05) is 5.32 Å². The number of hydrogen-bond acceptors (Lipinski definition) is 4. The summed E-state index contributed by atoms with van der Waals surface area (Å²) in [5.41, 5.74) is 3.23. The van der Waals surface area contributed by atoms with Crippen LogP contribution in [0.25, 0.3) is 0 Å². The summed E-state index contributed by atoms with van der Waals surface area (Å²) in [5, 5.41) is 12.8. The molecule has 5 rings (SSSR count). The Morgan fingerprint density at radius 1 is 0.929 bits per heavy atom. The second-order valence-corrected chi connectivity index (χ2v) is 7.24. The van der Waals surface area contributed by atoms with Crippen LogP contribution in [0.1, 0.15) is 17.5 Å². The molecule has 0 saturated carbocycles. The fourth-order valence-electron chi connectivity index (χ4n) is 4.15. The van der Waals surface area contributed by atoms with Crippen LogP contribution in [0.15, 0.2) is 95.2 Å². The van der Waals surface area contributed by atoms with Gasteiger partial charge in [-0.3, -0.25) is 4.79 Å². The monoisotopic (exact) mass is 368 g/mol. The van der Waals surface area contributed by atoms with Gasteiger partial charge in [0.25, 0.3) is 0 Å². The minimum atomic E-state index is -0.710. The number of nitrogens with one attached hydrogen (secondary N) is 1. The number of benzene rings is 3. The molecule has 2 heterocycles. The maximum atomic E-state index is 13.0. The van der Waals surface area contributed by atoms with Gasteiger partial charge in [-0.2, -0.15) is 10.2 Å². The van der Waals surface area contributed by atoms with Crippen molar-refractivity contribution in [1.29, 1.82) is 0 Å². The fourth-order valence-corrected chi connectivity index (χ4v) is 4.15. The van der Waals surface area contributed by atoms with Crippen LogP contribution in [-0.2, 0) is 16.9 Å². The van der Waals surface area contributed by atoms with Crippen molar-refractivity contribution in [3.8, 4) is 0 Å². The van der Waals surface area contributed by atoms with E-state index in [0.29, 0.717) is 13.0 Å². The predicted molar refractivity (Wildman–Crippen MR) is 108 cm³/mol. The topological polar surface area (TPSA) is 57.1 Å². The maximum absolute atomic E-state index is 13.0. The van der Waals surface area contributed by atoms with E-state index in [0.717, 1.165) is 22.5 Å². The summed E-state index contributed by atoms with van der Waals surface area (Å²) in [6, 6.07) is 27.8. The molecule has 3 aromatic carbocycles. The third-order valence-corrected chi connectivity index (χ3v) is 5.49. The van der Waals surface area contributed by atoms with E-state index in [4.69, 9.17) is 5.11 Å². The molecule has 2 aliphatic heterocycles. The molecule has 0 bridgehead atoms. The summed E-state index contributed by atoms with van der Waals surface area (Å²) >= 11 is 0. The lowest BCUT2D eigenvalue weighted by Gasteiger charge is -2.28. The molecule has 3 aromatic rings. The Morgan fingerprint density at radius 2 is 1.61 bits per heavy atom. The van der Waals surface area contributed by atoms with Crippen LogP contribution in [-0.4, -0.2) is 17.0 Å². The number of amides is 1. The van der Waals surface area contributed by atoms with Crippen LogP contribution < -0.4 is 5.32 Å². The summed E-state index contributed by atoms with van der Waals surface area (Å²) in [6.45, 7) is 0.550. The molecule has 2 aliphatic rings. The molecule has 2 atom stereocenters. The van der Waals surface area contributed by atoms with Crippen molar-refractivity contribution in [3.63, 3.8) is 0 Å². The standard InChI is InChI=1S/C23H20N4O/c28-21-15-23(26-25-18-11-5-2-6-12-18)19-13-7-8-14-20(19)24-22(23)27(21)16-17-9-3-1-4-10-17/h1-14,22,24H,15-16H2/t22-,23+/m0/s1. The second kappa shape index (κ2) is 6.60. The number of para-hydroxylation sites is 1. The molecule has 138 valence electrons. The first-order valence-corrected chi connectivity index (χ1v) is 9.44. The highest BCUT2D eigenvalue weighted by Crippen LogP contribution is 2.51. The van der Waals surface area contributed by atoms with Crippen molar-refractivity contribution in [1.82, 2.24) is 4.90 Å². The number of hydrogen-bond donors (Lipinski definition) is 1. The highest BCUT2D eigenvalue weighted by Gasteiger charge is 2.58. The first-order chi connectivity index (χ1) is 13.8. The molecule has 1 N–H and O–H groups in total. The van der Waals surface area contributed by atoms with Gasteiger partial charge in [0.15, 0.2) is 5.54 Å². The lowest BCUT2D eigenvalue weighted by molar-refractivity contribution is -0.129. The fraction of sp³-hybridized carbons (Fsp3) is 0.174. The second-order valence-electron chi connectivity index (χ2n) is 7.24. The van der Waals surface area contributed by atoms with E-state index in [1.165, 1.54) is 0 Å². The molecule has 1 saturated heterocycles. The van der Waals surface area contributed by atoms with Gasteiger partial charge in [0.2, 0.25) is 5.91 Å². The molecule has 0 spiro atoms. The van der Waals surface area contributed by atoms with Gasteiger partial charge in [-0.25, -0.2) is 0 Å². The van der Waals surface area contributed by atoms with Crippen LogP contribution >= 0.6 is 0 Å². The van der Waals surface area contributed by atoms with Crippen LogP contribution in [0.5, 0.6) is 0 Å². The maximum Gasteiger partial charge on any atom is 0.227 e. The smallest absolute Gasteiger partial charge is 0.227 e. The SMILES string of the molecule is O=C1C[C@@]2(N=Nc3ccccc3)c3ccccc3N[C@H]2N1Cc1ccccc1. The number of rotatable bonds is 4. The summed E-state index contributed by atoms with van der Waals surface area (Å²) in [6.07, 6.45) is 0.0651. The van der Waals surface area contributed by atoms with E-state index >= 15 is 0 Å². The first kappa shape index (κ1) is 16.7. The van der Waals surface area contributed by atoms with Gasteiger partial charge in [-0.1, -0.05) is 66.7 Å². The first-order valence-electron chi connectivity index (χ1n) is 9.44. The van der Waals surface area contributed by atoms with Crippen molar-refractivity contribution in [3.05, 3.63) is 96.1 Å². The molecular formula is C23H20N4O. The number of carbonyl (C=O) groups excluding carboxylic acids is 1. The minimum Gasteiger partial charge on any atom is -0.362 e. The third-order valence-electron chi connectivity index (χ3n) is 5.49. The van der Waals surface area contributed by atoms with Crippen LogP contribution in [0.4, 0.5) is 11.4 Å². The van der Waals surface area contributed by atoms with Crippen LogP contribution in [0.3, 0.4) is 0 Å². The average molecular weight is 368 g/mol. The van der Waals surface area contributed by atoms with Gasteiger partial charge in [-0.05, 0) is 23.8 Å². The van der Waals surface area contributed by atoms with E-state index < -0.39 is 5.54 Å². The quantitative estimate of drug-likeness (QED) is 0.669. The largest absolute Gasteiger partial charge is 0.362 e. The molecule has 28 heavy (non-hydrogen) atoms. The Labute approximate surface area is 163 Å². The van der Waals surface area contributed by atoms with Gasteiger partial charge in [-0.15, -0.1) is 0 Å². The molecular weight excluding hydrogens is 348 g/mol. The van der Waals surface area contributed by atoms with E-state index in [1.54, 1.807) is 0 Å². The molecule has 0 aliphatic carbocycles. The van der Waals surface area contributed by atoms with Crippen molar-refractivity contribution < 1.29 is 4.79 Å². The lowest BCUT2D eigenvalue weighted by atomic mass is 9.89. The predicted octanol–water partition coefficient (Wildman–Crippen LogP) is 4.85. The Bertz CT molecular complexity index is 1030. The molecule has 0 unspecified atom stereocenters. The number of carbonyl (C=O) groups is 1. The summed E-state index contributed by atoms with van der Waals surface area (Å²) in [4.78, 5) is 14.9. The number of likely N-dealkylation sites (tertiary alicyclic amines) is 1. The number of fused-ring (bicyclic) bond motifs is 3. The van der Waals surface area contributed by atoms with Crippen molar-refractivity contribution in [2.45, 2.75) is 24.7 Å². The van der Waals surface area contributed by atoms with E-state index in [2.05, 4.69) is 10.4 Å². The van der Waals surface area contributed by atoms with E-state index in [1.807, 2.05) is 89.8 Å². The number of anilines is 1. The summed E-state index contributed by atoms with van der Waals surface area (Å²) in [7, 11) is 0. The summed E-state index contributed by atoms with van der Waals surface area (Å²) in [5.74, 6) is 0.0860. The molecule has 0 radical (unpaired) electrons. The van der Waals surface area contributed by atoms with Gasteiger partial charge >= 0.3 is 0 Å². The number of azo groups is 1. The Morgan fingerprint density at radius 3 is 2.39 bits per heavy atom. The zero-order valence-corrected chi connectivity index (χ0v) is 15.3. The Balaban J connectivity index is 1.55. The van der Waals surface area contributed by atoms with E-state index in [9.17, 15) is 4.79 Å². The van der Waals surface area contributed by atoms with Crippen LogP contribution in [0.2, 0.25) is 0 Å². The van der Waals surface area contributed by atoms with E-state index in [-0.39, 0.29) is 12.1 Å². The van der Waals surface area contributed by atoms with Gasteiger partial charge in [0.1, 0.15) is 6.17 Å². The lowest BCUT2D eigenvalue weighted by Crippen LogP contribution is -2.42. The minimum absolute atomic E-state index is 0.0860. The molecule has 1 amide bonds. The average Bonchev–Trinajstić information content (AvgIpc) is 3.19. The van der Waals surface area contributed by atoms with Gasteiger partial charge in [0, 0.05) is 17.8 Å². The van der Waals surface area contributed by atoms with Gasteiger partial charge in [0.05, 0.1) is 12.1 Å². The Kier molecular flexibility index (Phi) is 3.93. The normalized spacial score (nSPS) is 22.9. The van der Waals surface area contributed by atoms with Crippen molar-refractivity contribution in [2.24, 2.45) is 10.2 Å². The molecule has 0 aromatic heterocycles. The Hall–Kier alpha value is -3.47. The zero-order valence-electron chi connectivity index (χ0n) is 15.3. The zero-order chi connectivity index (χ0) is 19.0. The highest BCUT2D eigenvalue weighted by atomic mass is 16.2. The number of nitrogens with zero attached hydrogens (tertiary/aromatic N) is 3. The molecule has 5 heteroatoms. The van der Waals surface area contributed by atoms with Crippen LogP contribution in [0, 0.1) is 0 Å². The van der Waals surface area contributed by atoms with Crippen molar-refractivity contribution >= 4 is 17.3 Å². The third kappa shape index (κ3) is 2.67. The van der Waals surface area contributed by atoms with Gasteiger partial charge < -0.3 is 10.2 Å². The molecule has 1 fully saturated rings.